The second-order valence-corrected chi connectivity index (χ2v) is 6.45. The van der Waals surface area contributed by atoms with Crippen LogP contribution in [0.15, 0.2) is 47.1 Å². The molecule has 130 valence electrons. The molecule has 2 aromatic rings. The molecule has 0 radical (unpaired) electrons. The molecule has 0 atom stereocenters. The Morgan fingerprint density at radius 3 is 2.44 bits per heavy atom. The van der Waals surface area contributed by atoms with Crippen molar-refractivity contribution < 1.29 is 18.8 Å². The minimum absolute atomic E-state index is 0.0319. The first-order valence-electron chi connectivity index (χ1n) is 7.78. The van der Waals surface area contributed by atoms with Crippen molar-refractivity contribution >= 4 is 40.2 Å². The van der Waals surface area contributed by atoms with Crippen LogP contribution in [-0.4, -0.2) is 40.8 Å². The van der Waals surface area contributed by atoms with Gasteiger partial charge in [-0.15, -0.1) is 0 Å². The fourth-order valence-corrected chi connectivity index (χ4v) is 3.18. The second kappa shape index (κ2) is 7.89. The highest BCUT2D eigenvalue weighted by Gasteiger charge is 2.21. The molecule has 1 fully saturated rings. The first kappa shape index (κ1) is 17.1. The van der Waals surface area contributed by atoms with Gasteiger partial charge in [-0.3, -0.25) is 14.4 Å². The van der Waals surface area contributed by atoms with Crippen LogP contribution in [0.25, 0.3) is 0 Å². The molecule has 1 aliphatic heterocycles. The number of benzene rings is 1. The maximum absolute atomic E-state index is 12.0. The van der Waals surface area contributed by atoms with Crippen LogP contribution in [-0.2, 0) is 4.79 Å². The minimum Gasteiger partial charge on any atom is -0.459 e. The second-order valence-electron chi connectivity index (χ2n) is 5.41. The van der Waals surface area contributed by atoms with Crippen molar-refractivity contribution in [3.05, 3.63) is 48.4 Å². The molecular formula is C17H17N3O4S. The van der Waals surface area contributed by atoms with Crippen molar-refractivity contribution in [3.63, 3.8) is 0 Å². The van der Waals surface area contributed by atoms with Crippen LogP contribution in [0.2, 0.25) is 0 Å². The van der Waals surface area contributed by atoms with E-state index in [9.17, 15) is 14.4 Å². The molecule has 1 aliphatic rings. The summed E-state index contributed by atoms with van der Waals surface area (Å²) < 4.78 is 5.02. The number of carbonyl (C=O) groups excluding carboxylic acids is 3. The topological polar surface area (TPSA) is 91.7 Å². The molecule has 1 saturated heterocycles. The molecule has 0 unspecified atom stereocenters. The molecule has 2 N–H and O–H groups in total. The van der Waals surface area contributed by atoms with E-state index >= 15 is 0 Å². The van der Waals surface area contributed by atoms with E-state index in [1.54, 1.807) is 41.3 Å². The summed E-state index contributed by atoms with van der Waals surface area (Å²) in [5.41, 5.74) is 1.22. The molecular weight excluding hydrogens is 342 g/mol. The molecule has 0 aliphatic carbocycles. The SMILES string of the molecule is O=C(CCN1CCSC1=O)Nc1ccc(NC(=O)c2ccco2)cc1. The smallest absolute Gasteiger partial charge is 0.291 e. The maximum Gasteiger partial charge on any atom is 0.291 e. The van der Waals surface area contributed by atoms with Gasteiger partial charge in [-0.05, 0) is 36.4 Å². The van der Waals surface area contributed by atoms with Crippen molar-refractivity contribution in [1.29, 1.82) is 0 Å². The number of hydrogen-bond acceptors (Lipinski definition) is 5. The van der Waals surface area contributed by atoms with Crippen molar-refractivity contribution in [1.82, 2.24) is 4.90 Å². The third-order valence-corrected chi connectivity index (χ3v) is 4.52. The number of carbonyl (C=O) groups is 3. The van der Waals surface area contributed by atoms with Crippen LogP contribution in [0.5, 0.6) is 0 Å². The summed E-state index contributed by atoms with van der Waals surface area (Å²) in [4.78, 5) is 37.0. The monoisotopic (exact) mass is 359 g/mol. The Morgan fingerprint density at radius 1 is 1.12 bits per heavy atom. The van der Waals surface area contributed by atoms with Crippen LogP contribution in [0, 0.1) is 0 Å². The largest absolute Gasteiger partial charge is 0.459 e. The number of anilines is 2. The quantitative estimate of drug-likeness (QED) is 0.827. The van der Waals surface area contributed by atoms with Gasteiger partial charge in [-0.2, -0.15) is 0 Å². The zero-order chi connectivity index (χ0) is 17.6. The van der Waals surface area contributed by atoms with Crippen LogP contribution >= 0.6 is 11.8 Å². The zero-order valence-electron chi connectivity index (χ0n) is 13.4. The summed E-state index contributed by atoms with van der Waals surface area (Å²) in [7, 11) is 0. The molecule has 25 heavy (non-hydrogen) atoms. The summed E-state index contributed by atoms with van der Waals surface area (Å²) in [6.45, 7) is 1.12. The van der Waals surface area contributed by atoms with Gasteiger partial charge in [-0.1, -0.05) is 11.8 Å². The Bertz CT molecular complexity index is 759. The molecule has 0 saturated carbocycles. The third kappa shape index (κ3) is 4.63. The molecule has 3 amide bonds. The number of rotatable bonds is 6. The van der Waals surface area contributed by atoms with E-state index in [1.807, 2.05) is 0 Å². The molecule has 0 bridgehead atoms. The minimum atomic E-state index is -0.338. The first-order valence-corrected chi connectivity index (χ1v) is 8.77. The summed E-state index contributed by atoms with van der Waals surface area (Å²) in [6, 6.07) is 10.0. The molecule has 1 aromatic carbocycles. The zero-order valence-corrected chi connectivity index (χ0v) is 14.2. The highest BCUT2D eigenvalue weighted by molar-refractivity contribution is 8.13. The van der Waals surface area contributed by atoms with Gasteiger partial charge in [0.15, 0.2) is 5.76 Å². The van der Waals surface area contributed by atoms with Crippen LogP contribution in [0.4, 0.5) is 16.2 Å². The van der Waals surface area contributed by atoms with E-state index < -0.39 is 0 Å². The number of furan rings is 1. The maximum atomic E-state index is 12.0. The van der Waals surface area contributed by atoms with Crippen molar-refractivity contribution in [2.24, 2.45) is 0 Å². The molecule has 2 heterocycles. The van der Waals surface area contributed by atoms with Gasteiger partial charge >= 0.3 is 0 Å². The van der Waals surface area contributed by atoms with Gasteiger partial charge in [0.1, 0.15) is 0 Å². The van der Waals surface area contributed by atoms with E-state index in [-0.39, 0.29) is 29.2 Å². The lowest BCUT2D eigenvalue weighted by Crippen LogP contribution is -2.27. The Kier molecular flexibility index (Phi) is 5.39. The van der Waals surface area contributed by atoms with Gasteiger partial charge < -0.3 is 20.0 Å². The Labute approximate surface area is 148 Å². The van der Waals surface area contributed by atoms with E-state index in [4.69, 9.17) is 4.42 Å². The fraction of sp³-hybridized carbons (Fsp3) is 0.235. The Balaban J connectivity index is 1.47. The molecule has 3 rings (SSSR count). The lowest BCUT2D eigenvalue weighted by atomic mass is 10.2. The lowest BCUT2D eigenvalue weighted by molar-refractivity contribution is -0.116. The first-order chi connectivity index (χ1) is 12.1. The average Bonchev–Trinajstić information content (AvgIpc) is 3.26. The Morgan fingerprint density at radius 2 is 1.84 bits per heavy atom. The average molecular weight is 359 g/mol. The van der Waals surface area contributed by atoms with E-state index in [2.05, 4.69) is 10.6 Å². The van der Waals surface area contributed by atoms with Gasteiger partial charge in [0, 0.05) is 36.6 Å². The highest BCUT2D eigenvalue weighted by Crippen LogP contribution is 2.18. The highest BCUT2D eigenvalue weighted by atomic mass is 32.2. The number of nitrogens with zero attached hydrogens (tertiary/aromatic N) is 1. The lowest BCUT2D eigenvalue weighted by Gasteiger charge is -2.14. The van der Waals surface area contributed by atoms with Crippen molar-refractivity contribution in [2.45, 2.75) is 6.42 Å². The molecule has 7 nitrogen and oxygen atoms in total. The summed E-state index contributed by atoms with van der Waals surface area (Å²) in [5.74, 6) is 0.519. The van der Waals surface area contributed by atoms with E-state index in [0.717, 1.165) is 5.75 Å². The van der Waals surface area contributed by atoms with Crippen molar-refractivity contribution in [2.75, 3.05) is 29.5 Å². The standard InChI is InChI=1S/C17H17N3O4S/c21-15(7-8-20-9-11-25-17(20)23)18-12-3-5-13(6-4-12)19-16(22)14-2-1-10-24-14/h1-6,10H,7-9,11H2,(H,18,21)(H,19,22). The number of hydrogen-bond donors (Lipinski definition) is 2. The van der Waals surface area contributed by atoms with Gasteiger partial charge in [0.25, 0.3) is 11.1 Å². The summed E-state index contributed by atoms with van der Waals surface area (Å²) >= 11 is 1.28. The third-order valence-electron chi connectivity index (χ3n) is 3.63. The fourth-order valence-electron chi connectivity index (χ4n) is 2.33. The number of thioether (sulfide) groups is 1. The van der Waals surface area contributed by atoms with Gasteiger partial charge in [0.05, 0.1) is 6.26 Å². The molecule has 8 heteroatoms. The summed E-state index contributed by atoms with van der Waals surface area (Å²) in [5, 5.41) is 5.51. The van der Waals surface area contributed by atoms with Crippen LogP contribution in [0.3, 0.4) is 0 Å². The van der Waals surface area contributed by atoms with Crippen LogP contribution < -0.4 is 10.6 Å². The van der Waals surface area contributed by atoms with Crippen LogP contribution in [0.1, 0.15) is 17.0 Å². The predicted octanol–water partition coefficient (Wildman–Crippen LogP) is 3.03. The number of nitrogens with one attached hydrogen (secondary N) is 2. The molecule has 1 aromatic heterocycles. The molecule has 0 spiro atoms. The van der Waals surface area contributed by atoms with Crippen molar-refractivity contribution in [3.8, 4) is 0 Å². The Hall–Kier alpha value is -2.74. The van der Waals surface area contributed by atoms with E-state index in [1.165, 1.54) is 18.0 Å². The van der Waals surface area contributed by atoms with Gasteiger partial charge in [-0.25, -0.2) is 0 Å². The van der Waals surface area contributed by atoms with Gasteiger partial charge in [0.2, 0.25) is 5.91 Å². The normalized spacial score (nSPS) is 13.8. The summed E-state index contributed by atoms with van der Waals surface area (Å²) in [6.07, 6.45) is 1.69. The predicted molar refractivity (Wildman–Crippen MR) is 95.8 cm³/mol. The number of amides is 3. The van der Waals surface area contributed by atoms with E-state index in [0.29, 0.717) is 24.5 Å².